The smallest absolute Gasteiger partial charge is 0.303 e. The highest BCUT2D eigenvalue weighted by Crippen LogP contribution is 1.90. The van der Waals surface area contributed by atoms with E-state index >= 15 is 0 Å². The lowest BCUT2D eigenvalue weighted by Crippen LogP contribution is -2.24. The number of ether oxygens (including phenoxy) is 2. The van der Waals surface area contributed by atoms with Gasteiger partial charge in [0.25, 0.3) is 0 Å². The van der Waals surface area contributed by atoms with Crippen LogP contribution in [0.25, 0.3) is 0 Å². The van der Waals surface area contributed by atoms with Crippen LogP contribution in [0.4, 0.5) is 0 Å². The van der Waals surface area contributed by atoms with Crippen LogP contribution in [-0.4, -0.2) is 30.9 Å². The Morgan fingerprint density at radius 3 is 2.25 bits per heavy atom. The predicted molar refractivity (Wildman–Crippen MR) is 38.3 cm³/mol. The highest BCUT2D eigenvalue weighted by atomic mass is 16.6. The van der Waals surface area contributed by atoms with E-state index in [0.717, 1.165) is 0 Å². The molecule has 0 saturated carbocycles. The summed E-state index contributed by atoms with van der Waals surface area (Å²) in [7, 11) is 0. The molecule has 0 fully saturated rings. The van der Waals surface area contributed by atoms with Gasteiger partial charge in [0.1, 0.15) is 6.61 Å². The first-order chi connectivity index (χ1) is 5.56. The second-order valence-corrected chi connectivity index (χ2v) is 2.09. The zero-order chi connectivity index (χ0) is 9.56. The Bertz CT molecular complexity index is 186. The average Bonchev–Trinajstić information content (AvgIpc) is 1.97. The number of hydrogen-bond donors (Lipinski definition) is 0. The van der Waals surface area contributed by atoms with Crippen LogP contribution in [0.15, 0.2) is 0 Å². The van der Waals surface area contributed by atoms with Crippen LogP contribution in [0.5, 0.6) is 0 Å². The molecule has 0 aliphatic carbocycles. The van der Waals surface area contributed by atoms with E-state index in [1.807, 2.05) is 0 Å². The monoisotopic (exact) mass is 174 g/mol. The molecule has 0 saturated heterocycles. The van der Waals surface area contributed by atoms with Crippen molar-refractivity contribution in [3.63, 3.8) is 0 Å². The molecule has 0 radical (unpaired) electrons. The molecule has 0 aromatic rings. The van der Waals surface area contributed by atoms with Gasteiger partial charge in [-0.1, -0.05) is 0 Å². The van der Waals surface area contributed by atoms with E-state index in [-0.39, 0.29) is 6.61 Å². The summed E-state index contributed by atoms with van der Waals surface area (Å²) < 4.78 is 8.91. The summed E-state index contributed by atoms with van der Waals surface area (Å²) >= 11 is 0. The fourth-order valence-corrected chi connectivity index (χ4v) is 0.514. The maximum Gasteiger partial charge on any atom is 0.303 e. The molecule has 1 atom stereocenters. The van der Waals surface area contributed by atoms with E-state index in [9.17, 15) is 14.4 Å². The molecule has 0 aromatic carbocycles. The Morgan fingerprint density at radius 2 is 1.92 bits per heavy atom. The molecule has 0 bridgehead atoms. The standard InChI is InChI=1S/C7H10O5/c1-5(9)11-4-7(3-8)12-6(2)10/h3,7H,4H2,1-2H3/t7-/m1/s1. The van der Waals surface area contributed by atoms with Crippen LogP contribution < -0.4 is 0 Å². The molecule has 0 N–H and O–H groups in total. The summed E-state index contributed by atoms with van der Waals surface area (Å²) in [5, 5.41) is 0. The Balaban J connectivity index is 3.75. The predicted octanol–water partition coefficient (Wildman–Crippen LogP) is -0.320. The van der Waals surface area contributed by atoms with Gasteiger partial charge < -0.3 is 9.47 Å². The van der Waals surface area contributed by atoms with Gasteiger partial charge in [0, 0.05) is 13.8 Å². The van der Waals surface area contributed by atoms with Gasteiger partial charge in [-0.05, 0) is 0 Å². The first kappa shape index (κ1) is 10.6. The van der Waals surface area contributed by atoms with Gasteiger partial charge >= 0.3 is 11.9 Å². The first-order valence-corrected chi connectivity index (χ1v) is 3.32. The molecular weight excluding hydrogens is 164 g/mol. The molecule has 0 spiro atoms. The van der Waals surface area contributed by atoms with Crippen molar-refractivity contribution in [1.82, 2.24) is 0 Å². The summed E-state index contributed by atoms with van der Waals surface area (Å²) in [6.45, 7) is 2.15. The minimum Gasteiger partial charge on any atom is -0.461 e. The minimum atomic E-state index is -0.994. The second-order valence-electron chi connectivity index (χ2n) is 2.09. The van der Waals surface area contributed by atoms with Crippen molar-refractivity contribution in [2.24, 2.45) is 0 Å². The van der Waals surface area contributed by atoms with Gasteiger partial charge in [-0.15, -0.1) is 0 Å². The Morgan fingerprint density at radius 1 is 1.33 bits per heavy atom. The van der Waals surface area contributed by atoms with Crippen molar-refractivity contribution in [3.05, 3.63) is 0 Å². The van der Waals surface area contributed by atoms with Gasteiger partial charge in [0.05, 0.1) is 0 Å². The maximum atomic E-state index is 10.3. The van der Waals surface area contributed by atoms with E-state index in [2.05, 4.69) is 9.47 Å². The highest BCUT2D eigenvalue weighted by molar-refractivity contribution is 5.70. The topological polar surface area (TPSA) is 69.7 Å². The number of esters is 2. The van der Waals surface area contributed by atoms with E-state index in [1.54, 1.807) is 0 Å². The molecule has 0 unspecified atom stereocenters. The number of carbonyl (C=O) groups is 3. The van der Waals surface area contributed by atoms with Crippen LogP contribution in [0.3, 0.4) is 0 Å². The lowest BCUT2D eigenvalue weighted by molar-refractivity contribution is -0.157. The summed E-state index contributed by atoms with van der Waals surface area (Å²) in [6, 6.07) is 0. The first-order valence-electron chi connectivity index (χ1n) is 3.32. The van der Waals surface area contributed by atoms with E-state index in [4.69, 9.17) is 0 Å². The van der Waals surface area contributed by atoms with Crippen LogP contribution in [-0.2, 0) is 23.9 Å². The van der Waals surface area contributed by atoms with Crippen molar-refractivity contribution in [2.75, 3.05) is 6.61 Å². The molecule has 0 aliphatic rings. The van der Waals surface area contributed by atoms with Crippen LogP contribution in [0.2, 0.25) is 0 Å². The van der Waals surface area contributed by atoms with Gasteiger partial charge in [0.2, 0.25) is 0 Å². The normalized spacial score (nSPS) is 11.5. The fraction of sp³-hybridized carbons (Fsp3) is 0.571. The zero-order valence-electron chi connectivity index (χ0n) is 6.90. The third-order valence-corrected chi connectivity index (χ3v) is 0.920. The lowest BCUT2D eigenvalue weighted by Gasteiger charge is -2.09. The summed E-state index contributed by atoms with van der Waals surface area (Å²) in [6.07, 6.45) is -0.587. The van der Waals surface area contributed by atoms with Crippen LogP contribution in [0.1, 0.15) is 13.8 Å². The van der Waals surface area contributed by atoms with Gasteiger partial charge in [0.15, 0.2) is 12.4 Å². The lowest BCUT2D eigenvalue weighted by atomic mass is 10.4. The quantitative estimate of drug-likeness (QED) is 0.431. The van der Waals surface area contributed by atoms with E-state index < -0.39 is 18.0 Å². The number of rotatable bonds is 4. The fourth-order valence-electron chi connectivity index (χ4n) is 0.514. The molecule has 0 amide bonds. The summed E-state index contributed by atoms with van der Waals surface area (Å²) in [5.41, 5.74) is 0. The highest BCUT2D eigenvalue weighted by Gasteiger charge is 2.11. The average molecular weight is 174 g/mol. The van der Waals surface area contributed by atoms with Gasteiger partial charge in [-0.3, -0.25) is 14.4 Å². The van der Waals surface area contributed by atoms with E-state index in [1.165, 1.54) is 13.8 Å². The SMILES string of the molecule is CC(=O)OC[C@@H](C=O)OC(C)=O. The summed E-state index contributed by atoms with van der Waals surface area (Å²) in [5.74, 6) is -1.10. The number of hydrogen-bond acceptors (Lipinski definition) is 5. The van der Waals surface area contributed by atoms with E-state index in [0.29, 0.717) is 6.29 Å². The van der Waals surface area contributed by atoms with Crippen LogP contribution in [0, 0.1) is 0 Å². The Labute approximate surface area is 69.6 Å². The van der Waals surface area contributed by atoms with Crippen molar-refractivity contribution in [1.29, 1.82) is 0 Å². The maximum absolute atomic E-state index is 10.3. The second kappa shape index (κ2) is 5.29. The molecule has 0 rings (SSSR count). The number of carbonyl (C=O) groups excluding carboxylic acids is 3. The zero-order valence-corrected chi connectivity index (χ0v) is 6.90. The Kier molecular flexibility index (Phi) is 4.67. The van der Waals surface area contributed by atoms with Crippen molar-refractivity contribution in [2.45, 2.75) is 20.0 Å². The molecule has 0 aliphatic heterocycles. The van der Waals surface area contributed by atoms with Crippen molar-refractivity contribution >= 4 is 18.2 Å². The Hall–Kier alpha value is -1.39. The third kappa shape index (κ3) is 5.40. The minimum absolute atomic E-state index is 0.224. The third-order valence-electron chi connectivity index (χ3n) is 0.920. The van der Waals surface area contributed by atoms with Crippen molar-refractivity contribution in [3.8, 4) is 0 Å². The number of aldehydes is 1. The largest absolute Gasteiger partial charge is 0.461 e. The molecule has 5 nitrogen and oxygen atoms in total. The molecule has 68 valence electrons. The molecule has 0 heterocycles. The van der Waals surface area contributed by atoms with Crippen LogP contribution >= 0.6 is 0 Å². The summed E-state index contributed by atoms with van der Waals surface area (Å²) in [4.78, 5) is 30.8. The van der Waals surface area contributed by atoms with Crippen molar-refractivity contribution < 1.29 is 23.9 Å². The molecule has 12 heavy (non-hydrogen) atoms. The molecule has 5 heteroatoms. The molecule has 0 aromatic heterocycles. The molecular formula is C7H10O5. The van der Waals surface area contributed by atoms with Gasteiger partial charge in [-0.2, -0.15) is 0 Å². The van der Waals surface area contributed by atoms with Gasteiger partial charge in [-0.25, -0.2) is 0 Å².